The van der Waals surface area contributed by atoms with E-state index < -0.39 is 0 Å². The maximum atomic E-state index is 5.80. The average Bonchev–Trinajstić information content (AvgIpc) is 2.85. The van der Waals surface area contributed by atoms with Crippen LogP contribution in [0.3, 0.4) is 0 Å². The highest BCUT2D eigenvalue weighted by molar-refractivity contribution is 9.10. The van der Waals surface area contributed by atoms with Crippen LogP contribution in [-0.2, 0) is 13.0 Å². The molecule has 0 spiro atoms. The third kappa shape index (κ3) is 2.97. The highest BCUT2D eigenvalue weighted by atomic mass is 79.9. The molecule has 1 aromatic rings. The van der Waals surface area contributed by atoms with Crippen molar-refractivity contribution in [3.05, 3.63) is 27.7 Å². The Labute approximate surface area is 124 Å². The van der Waals surface area contributed by atoms with Crippen LogP contribution >= 0.6 is 15.9 Å². The van der Waals surface area contributed by atoms with E-state index in [2.05, 4.69) is 40.3 Å². The van der Waals surface area contributed by atoms with E-state index in [1.54, 1.807) is 0 Å². The molecular formula is C16H22BrNO. The molecule has 1 fully saturated rings. The lowest BCUT2D eigenvalue weighted by atomic mass is 9.83. The number of benzene rings is 1. The van der Waals surface area contributed by atoms with Gasteiger partial charge in [0.05, 0.1) is 6.61 Å². The van der Waals surface area contributed by atoms with Gasteiger partial charge in [-0.25, -0.2) is 0 Å². The van der Waals surface area contributed by atoms with Crippen molar-refractivity contribution in [3.8, 4) is 5.75 Å². The lowest BCUT2D eigenvalue weighted by molar-refractivity contribution is 0.251. The summed E-state index contributed by atoms with van der Waals surface area (Å²) in [5, 5.41) is 3.77. The van der Waals surface area contributed by atoms with Gasteiger partial charge >= 0.3 is 0 Å². The first-order valence-corrected chi connectivity index (χ1v) is 8.15. The normalized spacial score (nSPS) is 20.9. The molecule has 0 radical (unpaired) electrons. The molecule has 104 valence electrons. The van der Waals surface area contributed by atoms with E-state index in [0.29, 0.717) is 5.54 Å². The standard InChI is InChI=1S/C16H22BrNO/c1-16(6-3-2-4-7-16)18-11-13-10-14(17)9-12-5-8-19-15(12)13/h9-10,18H,2-8,11H2,1H3. The van der Waals surface area contributed by atoms with E-state index in [1.807, 2.05) is 0 Å². The Bertz CT molecular complexity index is 466. The van der Waals surface area contributed by atoms with Crippen molar-refractivity contribution in [1.29, 1.82) is 0 Å². The number of halogens is 1. The number of hydrogen-bond acceptors (Lipinski definition) is 2. The Morgan fingerprint density at radius 1 is 1.26 bits per heavy atom. The third-order valence-electron chi connectivity index (χ3n) is 4.49. The number of ether oxygens (including phenoxy) is 1. The lowest BCUT2D eigenvalue weighted by Gasteiger charge is -2.35. The highest BCUT2D eigenvalue weighted by Gasteiger charge is 2.27. The molecule has 0 unspecified atom stereocenters. The molecule has 0 amide bonds. The Morgan fingerprint density at radius 3 is 2.84 bits per heavy atom. The summed E-state index contributed by atoms with van der Waals surface area (Å²) in [5.74, 6) is 1.12. The van der Waals surface area contributed by atoms with Crippen molar-refractivity contribution in [2.24, 2.45) is 0 Å². The van der Waals surface area contributed by atoms with E-state index in [9.17, 15) is 0 Å². The number of nitrogens with one attached hydrogen (secondary N) is 1. The maximum absolute atomic E-state index is 5.80. The molecule has 1 aliphatic carbocycles. The van der Waals surface area contributed by atoms with E-state index in [1.165, 1.54) is 47.7 Å². The first-order valence-electron chi connectivity index (χ1n) is 7.35. The molecule has 0 atom stereocenters. The summed E-state index contributed by atoms with van der Waals surface area (Å²) in [7, 11) is 0. The van der Waals surface area contributed by atoms with Gasteiger partial charge in [0.25, 0.3) is 0 Å². The second-order valence-electron chi connectivity index (χ2n) is 6.13. The van der Waals surface area contributed by atoms with Crippen molar-refractivity contribution in [1.82, 2.24) is 5.32 Å². The van der Waals surface area contributed by atoms with Gasteiger partial charge in [-0.2, -0.15) is 0 Å². The van der Waals surface area contributed by atoms with Gasteiger partial charge in [0, 0.05) is 28.5 Å². The van der Waals surface area contributed by atoms with E-state index in [0.717, 1.165) is 25.3 Å². The fourth-order valence-electron chi connectivity index (χ4n) is 3.29. The van der Waals surface area contributed by atoms with Gasteiger partial charge in [-0.1, -0.05) is 35.2 Å². The Kier molecular flexibility index (Phi) is 3.86. The molecule has 1 aliphatic heterocycles. The van der Waals surface area contributed by atoms with Crippen LogP contribution in [0.4, 0.5) is 0 Å². The second kappa shape index (κ2) is 5.45. The first-order chi connectivity index (χ1) is 9.16. The van der Waals surface area contributed by atoms with Crippen molar-refractivity contribution < 1.29 is 4.74 Å². The van der Waals surface area contributed by atoms with E-state index in [-0.39, 0.29) is 0 Å². The minimum atomic E-state index is 0.312. The first kappa shape index (κ1) is 13.4. The molecule has 3 rings (SSSR count). The number of hydrogen-bond donors (Lipinski definition) is 1. The summed E-state index contributed by atoms with van der Waals surface area (Å²) in [5.41, 5.74) is 2.96. The van der Waals surface area contributed by atoms with Crippen LogP contribution in [0.5, 0.6) is 5.75 Å². The summed E-state index contributed by atoms with van der Waals surface area (Å²) in [6.45, 7) is 4.11. The largest absolute Gasteiger partial charge is 0.493 e. The minimum absolute atomic E-state index is 0.312. The molecule has 0 bridgehead atoms. The van der Waals surface area contributed by atoms with Gasteiger partial charge in [-0.15, -0.1) is 0 Å². The van der Waals surface area contributed by atoms with Gasteiger partial charge in [0.15, 0.2) is 0 Å². The third-order valence-corrected chi connectivity index (χ3v) is 4.95. The topological polar surface area (TPSA) is 21.3 Å². The zero-order chi connectivity index (χ0) is 13.3. The molecular weight excluding hydrogens is 302 g/mol. The Morgan fingerprint density at radius 2 is 2.05 bits per heavy atom. The summed E-state index contributed by atoms with van der Waals surface area (Å²) < 4.78 is 6.97. The Balaban J connectivity index is 1.73. The van der Waals surface area contributed by atoms with Crippen LogP contribution in [0.25, 0.3) is 0 Å². The lowest BCUT2D eigenvalue weighted by Crippen LogP contribution is -2.43. The van der Waals surface area contributed by atoms with Crippen molar-refractivity contribution in [2.75, 3.05) is 6.61 Å². The predicted octanol–water partition coefficient (Wildman–Crippen LogP) is 4.20. The van der Waals surface area contributed by atoms with Crippen LogP contribution in [0.1, 0.15) is 50.2 Å². The maximum Gasteiger partial charge on any atom is 0.127 e. The Hall–Kier alpha value is -0.540. The van der Waals surface area contributed by atoms with Crippen molar-refractivity contribution in [3.63, 3.8) is 0 Å². The van der Waals surface area contributed by atoms with Crippen molar-refractivity contribution in [2.45, 2.75) is 57.5 Å². The quantitative estimate of drug-likeness (QED) is 0.900. The van der Waals surface area contributed by atoms with Gasteiger partial charge in [0.1, 0.15) is 5.75 Å². The SMILES string of the molecule is CC1(NCc2cc(Br)cc3c2OCC3)CCCCC1. The summed E-state index contributed by atoms with van der Waals surface area (Å²) in [6.07, 6.45) is 7.74. The van der Waals surface area contributed by atoms with E-state index in [4.69, 9.17) is 4.74 Å². The zero-order valence-electron chi connectivity index (χ0n) is 11.6. The van der Waals surface area contributed by atoms with E-state index >= 15 is 0 Å². The summed E-state index contributed by atoms with van der Waals surface area (Å²) in [6, 6.07) is 4.39. The monoisotopic (exact) mass is 323 g/mol. The smallest absolute Gasteiger partial charge is 0.127 e. The fraction of sp³-hybridized carbons (Fsp3) is 0.625. The molecule has 1 heterocycles. The van der Waals surface area contributed by atoms with Gasteiger partial charge in [0.2, 0.25) is 0 Å². The molecule has 2 nitrogen and oxygen atoms in total. The molecule has 0 saturated heterocycles. The van der Waals surface area contributed by atoms with Crippen LogP contribution in [0.2, 0.25) is 0 Å². The van der Waals surface area contributed by atoms with Gasteiger partial charge in [-0.05, 0) is 37.5 Å². The fourth-order valence-corrected chi connectivity index (χ4v) is 3.85. The molecule has 19 heavy (non-hydrogen) atoms. The predicted molar refractivity (Wildman–Crippen MR) is 81.7 cm³/mol. The molecule has 1 saturated carbocycles. The van der Waals surface area contributed by atoms with Crippen molar-refractivity contribution >= 4 is 15.9 Å². The number of fused-ring (bicyclic) bond motifs is 1. The van der Waals surface area contributed by atoms with Crippen LogP contribution in [0, 0.1) is 0 Å². The summed E-state index contributed by atoms with van der Waals surface area (Å²) in [4.78, 5) is 0. The van der Waals surface area contributed by atoms with Crippen LogP contribution in [0.15, 0.2) is 16.6 Å². The van der Waals surface area contributed by atoms with Crippen LogP contribution < -0.4 is 10.1 Å². The van der Waals surface area contributed by atoms with Crippen LogP contribution in [-0.4, -0.2) is 12.1 Å². The molecule has 1 N–H and O–H groups in total. The summed E-state index contributed by atoms with van der Waals surface area (Å²) >= 11 is 3.61. The van der Waals surface area contributed by atoms with Gasteiger partial charge < -0.3 is 10.1 Å². The van der Waals surface area contributed by atoms with Gasteiger partial charge in [-0.3, -0.25) is 0 Å². The average molecular weight is 324 g/mol. The molecule has 1 aromatic carbocycles. The molecule has 2 aliphatic rings. The number of rotatable bonds is 3. The zero-order valence-corrected chi connectivity index (χ0v) is 13.2. The minimum Gasteiger partial charge on any atom is -0.493 e. The second-order valence-corrected chi connectivity index (χ2v) is 7.04. The molecule has 0 aromatic heterocycles. The highest BCUT2D eigenvalue weighted by Crippen LogP contribution is 2.34. The molecule has 3 heteroatoms.